The molecule has 0 aliphatic heterocycles. The first-order valence-electron chi connectivity index (χ1n) is 3.21. The SMILES string of the molecule is C=Cc1ccncc1/C=C/Cl. The van der Waals surface area contributed by atoms with Crippen molar-refractivity contribution in [1.29, 1.82) is 0 Å². The maximum atomic E-state index is 5.42. The van der Waals surface area contributed by atoms with E-state index in [4.69, 9.17) is 11.6 Å². The van der Waals surface area contributed by atoms with E-state index in [1.807, 2.05) is 6.07 Å². The Balaban J connectivity index is 3.11. The van der Waals surface area contributed by atoms with E-state index in [0.29, 0.717) is 0 Å². The molecular weight excluding hydrogens is 158 g/mol. The minimum absolute atomic E-state index is 0.984. The molecule has 0 atom stereocenters. The van der Waals surface area contributed by atoms with Crippen molar-refractivity contribution in [2.45, 2.75) is 0 Å². The lowest BCUT2D eigenvalue weighted by molar-refractivity contribution is 1.31. The summed E-state index contributed by atoms with van der Waals surface area (Å²) >= 11 is 5.42. The standard InChI is InChI=1S/C9H8ClN/c1-2-8-4-6-11-7-9(8)3-5-10/h2-7H,1H2/b5-3+. The van der Waals surface area contributed by atoms with Crippen LogP contribution in [0.3, 0.4) is 0 Å². The zero-order valence-electron chi connectivity index (χ0n) is 6.00. The summed E-state index contributed by atoms with van der Waals surface area (Å²) in [5, 5.41) is 0. The molecule has 0 aromatic carbocycles. The summed E-state index contributed by atoms with van der Waals surface area (Å²) < 4.78 is 0. The van der Waals surface area contributed by atoms with Gasteiger partial charge in [0.25, 0.3) is 0 Å². The van der Waals surface area contributed by atoms with Crippen LogP contribution in [-0.4, -0.2) is 4.98 Å². The van der Waals surface area contributed by atoms with Crippen molar-refractivity contribution in [3.8, 4) is 0 Å². The average Bonchev–Trinajstić information content (AvgIpc) is 2.06. The lowest BCUT2D eigenvalue weighted by Gasteiger charge is -1.96. The Morgan fingerprint density at radius 2 is 2.27 bits per heavy atom. The highest BCUT2D eigenvalue weighted by atomic mass is 35.5. The third kappa shape index (κ3) is 1.92. The topological polar surface area (TPSA) is 12.9 Å². The van der Waals surface area contributed by atoms with Crippen LogP contribution < -0.4 is 0 Å². The largest absolute Gasteiger partial charge is 0.264 e. The Kier molecular flexibility index (Phi) is 2.87. The van der Waals surface area contributed by atoms with Crippen LogP contribution in [0.5, 0.6) is 0 Å². The second kappa shape index (κ2) is 3.94. The summed E-state index contributed by atoms with van der Waals surface area (Å²) in [4.78, 5) is 3.95. The van der Waals surface area contributed by atoms with Crippen LogP contribution in [-0.2, 0) is 0 Å². The van der Waals surface area contributed by atoms with Gasteiger partial charge in [0.05, 0.1) is 0 Å². The quantitative estimate of drug-likeness (QED) is 0.657. The maximum absolute atomic E-state index is 5.42. The van der Waals surface area contributed by atoms with E-state index in [1.54, 1.807) is 24.5 Å². The fraction of sp³-hybridized carbons (Fsp3) is 0. The molecule has 0 fully saturated rings. The molecule has 0 unspecified atom stereocenters. The number of rotatable bonds is 2. The molecule has 0 amide bonds. The van der Waals surface area contributed by atoms with Crippen molar-refractivity contribution in [2.24, 2.45) is 0 Å². The summed E-state index contributed by atoms with van der Waals surface area (Å²) in [7, 11) is 0. The Bertz CT molecular complexity index is 279. The Hall–Kier alpha value is -1.08. The van der Waals surface area contributed by atoms with Gasteiger partial charge < -0.3 is 0 Å². The monoisotopic (exact) mass is 165 g/mol. The van der Waals surface area contributed by atoms with Gasteiger partial charge in [0, 0.05) is 23.5 Å². The van der Waals surface area contributed by atoms with Crippen molar-refractivity contribution in [3.63, 3.8) is 0 Å². The van der Waals surface area contributed by atoms with E-state index in [0.717, 1.165) is 11.1 Å². The first-order chi connectivity index (χ1) is 5.38. The lowest BCUT2D eigenvalue weighted by atomic mass is 10.1. The summed E-state index contributed by atoms with van der Waals surface area (Å²) in [5.74, 6) is 0. The number of nitrogens with zero attached hydrogens (tertiary/aromatic N) is 1. The Labute approximate surface area is 71.0 Å². The van der Waals surface area contributed by atoms with Crippen molar-refractivity contribution in [2.75, 3.05) is 0 Å². The number of aromatic nitrogens is 1. The highest BCUT2D eigenvalue weighted by molar-refractivity contribution is 6.27. The van der Waals surface area contributed by atoms with Gasteiger partial charge in [0.15, 0.2) is 0 Å². The van der Waals surface area contributed by atoms with Crippen molar-refractivity contribution in [1.82, 2.24) is 4.98 Å². The molecule has 56 valence electrons. The summed E-state index contributed by atoms with van der Waals surface area (Å²) in [6.07, 6.45) is 7.03. The number of hydrogen-bond acceptors (Lipinski definition) is 1. The van der Waals surface area contributed by atoms with Crippen LogP contribution in [0.2, 0.25) is 0 Å². The van der Waals surface area contributed by atoms with Gasteiger partial charge in [-0.05, 0) is 17.7 Å². The van der Waals surface area contributed by atoms with Crippen LogP contribution >= 0.6 is 11.6 Å². The molecule has 1 rings (SSSR count). The molecule has 0 spiro atoms. The van der Waals surface area contributed by atoms with E-state index in [9.17, 15) is 0 Å². The van der Waals surface area contributed by atoms with Gasteiger partial charge in [-0.15, -0.1) is 0 Å². The van der Waals surface area contributed by atoms with Crippen molar-refractivity contribution in [3.05, 3.63) is 41.7 Å². The van der Waals surface area contributed by atoms with E-state index in [1.165, 1.54) is 5.54 Å². The second-order valence-corrected chi connectivity index (χ2v) is 2.25. The van der Waals surface area contributed by atoms with E-state index in [-0.39, 0.29) is 0 Å². The third-order valence-electron chi connectivity index (χ3n) is 1.35. The van der Waals surface area contributed by atoms with E-state index < -0.39 is 0 Å². The molecule has 1 heterocycles. The number of hydrogen-bond donors (Lipinski definition) is 0. The highest BCUT2D eigenvalue weighted by Gasteiger charge is 1.91. The fourth-order valence-corrected chi connectivity index (χ4v) is 0.946. The molecule has 1 nitrogen and oxygen atoms in total. The molecule has 11 heavy (non-hydrogen) atoms. The van der Waals surface area contributed by atoms with E-state index in [2.05, 4.69) is 11.6 Å². The fourth-order valence-electron chi connectivity index (χ4n) is 0.810. The van der Waals surface area contributed by atoms with Gasteiger partial charge in [0.2, 0.25) is 0 Å². The minimum atomic E-state index is 0.984. The maximum Gasteiger partial charge on any atom is 0.0346 e. The molecule has 0 radical (unpaired) electrons. The smallest absolute Gasteiger partial charge is 0.0346 e. The third-order valence-corrected chi connectivity index (χ3v) is 1.48. The minimum Gasteiger partial charge on any atom is -0.264 e. The second-order valence-electron chi connectivity index (χ2n) is 2.00. The van der Waals surface area contributed by atoms with Gasteiger partial charge in [-0.2, -0.15) is 0 Å². The van der Waals surface area contributed by atoms with Gasteiger partial charge in [-0.1, -0.05) is 24.3 Å². The van der Waals surface area contributed by atoms with Crippen LogP contribution in [0.25, 0.3) is 12.2 Å². The van der Waals surface area contributed by atoms with Gasteiger partial charge in [0.1, 0.15) is 0 Å². The first-order valence-corrected chi connectivity index (χ1v) is 3.65. The van der Waals surface area contributed by atoms with Crippen LogP contribution in [0.4, 0.5) is 0 Å². The van der Waals surface area contributed by atoms with Gasteiger partial charge >= 0.3 is 0 Å². The lowest BCUT2D eigenvalue weighted by Crippen LogP contribution is -1.80. The van der Waals surface area contributed by atoms with Crippen LogP contribution in [0, 0.1) is 0 Å². The normalized spacial score (nSPS) is 10.3. The predicted octanol–water partition coefficient (Wildman–Crippen LogP) is 2.93. The number of halogens is 1. The number of pyridine rings is 1. The zero-order valence-corrected chi connectivity index (χ0v) is 6.75. The van der Waals surface area contributed by atoms with Crippen LogP contribution in [0.15, 0.2) is 30.6 Å². The van der Waals surface area contributed by atoms with Gasteiger partial charge in [-0.3, -0.25) is 4.98 Å². The Morgan fingerprint density at radius 3 is 2.91 bits per heavy atom. The summed E-state index contributed by atoms with van der Waals surface area (Å²) in [6, 6.07) is 1.89. The molecule has 0 saturated carbocycles. The van der Waals surface area contributed by atoms with Crippen molar-refractivity contribution < 1.29 is 0 Å². The molecule has 0 bridgehead atoms. The average molecular weight is 166 g/mol. The van der Waals surface area contributed by atoms with Crippen LogP contribution in [0.1, 0.15) is 11.1 Å². The molecule has 1 aromatic heterocycles. The summed E-state index contributed by atoms with van der Waals surface area (Å²) in [6.45, 7) is 3.67. The highest BCUT2D eigenvalue weighted by Crippen LogP contribution is 2.10. The Morgan fingerprint density at radius 1 is 1.45 bits per heavy atom. The van der Waals surface area contributed by atoms with Crippen molar-refractivity contribution >= 4 is 23.8 Å². The van der Waals surface area contributed by atoms with Gasteiger partial charge in [-0.25, -0.2) is 0 Å². The molecule has 0 aliphatic carbocycles. The molecule has 1 aromatic rings. The molecular formula is C9H8ClN. The molecule has 0 saturated heterocycles. The van der Waals surface area contributed by atoms with E-state index >= 15 is 0 Å². The first kappa shape index (κ1) is 8.02. The molecule has 0 aliphatic rings. The zero-order chi connectivity index (χ0) is 8.10. The summed E-state index contributed by atoms with van der Waals surface area (Å²) in [5.41, 5.74) is 3.48. The predicted molar refractivity (Wildman–Crippen MR) is 49.2 cm³/mol. The molecule has 2 heteroatoms. The molecule has 0 N–H and O–H groups in total.